The van der Waals surface area contributed by atoms with Crippen molar-refractivity contribution >= 4 is 46.6 Å². The predicted molar refractivity (Wildman–Crippen MR) is 101 cm³/mol. The van der Waals surface area contributed by atoms with Gasteiger partial charge in [0.15, 0.2) is 0 Å². The Morgan fingerprint density at radius 2 is 2.00 bits per heavy atom. The molecule has 3 rings (SSSR count). The Morgan fingerprint density at radius 1 is 1.19 bits per heavy atom. The van der Waals surface area contributed by atoms with E-state index in [1.165, 1.54) is 5.01 Å². The molecule has 0 bridgehead atoms. The summed E-state index contributed by atoms with van der Waals surface area (Å²) in [6.45, 7) is 0.462. The van der Waals surface area contributed by atoms with E-state index in [1.807, 2.05) is 0 Å². The molecule has 0 radical (unpaired) electrons. The van der Waals surface area contributed by atoms with E-state index in [2.05, 4.69) is 10.4 Å². The molecule has 2 amide bonds. The van der Waals surface area contributed by atoms with E-state index in [0.717, 1.165) is 5.56 Å². The summed E-state index contributed by atoms with van der Waals surface area (Å²) in [5.41, 5.74) is 2.55. The quantitative estimate of drug-likeness (QED) is 0.816. The van der Waals surface area contributed by atoms with E-state index in [4.69, 9.17) is 28.3 Å². The van der Waals surface area contributed by atoms with Crippen LogP contribution in [0.2, 0.25) is 10.0 Å². The molecule has 1 aliphatic rings. The monoisotopic (exact) mass is 391 g/mol. The fraction of sp³-hybridized carbons (Fsp3) is 0.167. The van der Waals surface area contributed by atoms with Gasteiger partial charge in [-0.15, -0.1) is 0 Å². The molecule has 2 N–H and O–H groups in total. The average molecular weight is 392 g/mol. The van der Waals surface area contributed by atoms with Crippen molar-refractivity contribution < 1.29 is 14.7 Å². The Bertz CT molecular complexity index is 899. The number of carbonyl (C=O) groups is 2. The molecule has 0 saturated carbocycles. The van der Waals surface area contributed by atoms with Crippen molar-refractivity contribution in [2.75, 3.05) is 11.9 Å². The van der Waals surface area contributed by atoms with Crippen LogP contribution >= 0.6 is 23.2 Å². The van der Waals surface area contributed by atoms with Gasteiger partial charge in [0.05, 0.1) is 18.7 Å². The number of halogens is 2. The Balaban J connectivity index is 1.72. The second-order valence-electron chi connectivity index (χ2n) is 5.75. The highest BCUT2D eigenvalue weighted by molar-refractivity contribution is 6.36. The highest BCUT2D eigenvalue weighted by Gasteiger charge is 2.23. The number of rotatable bonds is 4. The molecule has 6 nitrogen and oxygen atoms in total. The van der Waals surface area contributed by atoms with E-state index >= 15 is 0 Å². The van der Waals surface area contributed by atoms with E-state index in [0.29, 0.717) is 40.0 Å². The summed E-state index contributed by atoms with van der Waals surface area (Å²) in [4.78, 5) is 23.2. The molecule has 0 aromatic heterocycles. The molecule has 26 heavy (non-hydrogen) atoms. The maximum atomic E-state index is 12.5. The van der Waals surface area contributed by atoms with Gasteiger partial charge in [-0.2, -0.15) is 5.10 Å². The lowest BCUT2D eigenvalue weighted by atomic mass is 10.1. The van der Waals surface area contributed by atoms with E-state index in [-0.39, 0.29) is 12.3 Å². The van der Waals surface area contributed by atoms with Gasteiger partial charge < -0.3 is 5.11 Å². The summed E-state index contributed by atoms with van der Waals surface area (Å²) < 4.78 is 0. The molecule has 0 aliphatic carbocycles. The lowest BCUT2D eigenvalue weighted by Crippen LogP contribution is -2.25. The molecular formula is C18H15Cl2N3O3. The van der Waals surface area contributed by atoms with Crippen LogP contribution in [0.25, 0.3) is 0 Å². The van der Waals surface area contributed by atoms with Gasteiger partial charge in [-0.1, -0.05) is 35.3 Å². The standard InChI is InChI=1S/C18H15Cl2N3O3/c19-12-4-5-15(20)14(10-12)16-6-7-23(22-16)17(24)9-11-2-1-3-13(8-11)21-18(25)26/h1-5,8,10,21H,6-7,9H2,(H,25,26). The zero-order chi connectivity index (χ0) is 18.7. The molecule has 0 atom stereocenters. The smallest absolute Gasteiger partial charge is 0.409 e. The number of carboxylic acid groups (broad SMARTS) is 1. The maximum absolute atomic E-state index is 12.5. The lowest BCUT2D eigenvalue weighted by Gasteiger charge is -2.12. The van der Waals surface area contributed by atoms with Crippen LogP contribution in [0.5, 0.6) is 0 Å². The summed E-state index contributed by atoms with van der Waals surface area (Å²) in [6, 6.07) is 11.8. The summed E-state index contributed by atoms with van der Waals surface area (Å²) >= 11 is 12.2. The Morgan fingerprint density at radius 3 is 2.77 bits per heavy atom. The van der Waals surface area contributed by atoms with Gasteiger partial charge >= 0.3 is 6.09 Å². The van der Waals surface area contributed by atoms with E-state index in [9.17, 15) is 9.59 Å². The minimum absolute atomic E-state index is 0.120. The SMILES string of the molecule is O=C(O)Nc1cccc(CC(=O)N2CCC(c3cc(Cl)ccc3Cl)=N2)c1. The number of amides is 2. The van der Waals surface area contributed by atoms with Crippen LogP contribution < -0.4 is 5.32 Å². The van der Waals surface area contributed by atoms with Crippen LogP contribution in [0.1, 0.15) is 17.5 Å². The average Bonchev–Trinajstić information content (AvgIpc) is 3.07. The predicted octanol–water partition coefficient (Wildman–Crippen LogP) is 4.26. The highest BCUT2D eigenvalue weighted by Crippen LogP contribution is 2.25. The van der Waals surface area contributed by atoms with Crippen molar-refractivity contribution in [1.82, 2.24) is 5.01 Å². The first-order valence-electron chi connectivity index (χ1n) is 7.84. The summed E-state index contributed by atoms with van der Waals surface area (Å²) in [5.74, 6) is -0.175. The third kappa shape index (κ3) is 4.33. The Hall–Kier alpha value is -2.57. The molecule has 0 unspecified atom stereocenters. The number of hydrogen-bond acceptors (Lipinski definition) is 3. The van der Waals surface area contributed by atoms with Crippen LogP contribution in [0, 0.1) is 0 Å². The lowest BCUT2D eigenvalue weighted by molar-refractivity contribution is -0.130. The molecule has 8 heteroatoms. The third-order valence-corrected chi connectivity index (χ3v) is 4.43. The minimum Gasteiger partial charge on any atom is -0.465 e. The normalized spacial score (nSPS) is 13.5. The van der Waals surface area contributed by atoms with Gasteiger partial charge in [0.1, 0.15) is 0 Å². The van der Waals surface area contributed by atoms with Crippen LogP contribution in [-0.2, 0) is 11.2 Å². The van der Waals surface area contributed by atoms with Crippen LogP contribution in [-0.4, -0.2) is 34.4 Å². The van der Waals surface area contributed by atoms with Gasteiger partial charge in [-0.25, -0.2) is 9.80 Å². The summed E-state index contributed by atoms with van der Waals surface area (Å²) in [6.07, 6.45) is -0.442. The zero-order valence-corrected chi connectivity index (χ0v) is 15.1. The minimum atomic E-state index is -1.15. The maximum Gasteiger partial charge on any atom is 0.409 e. The van der Waals surface area contributed by atoms with Crippen LogP contribution in [0.3, 0.4) is 0 Å². The first-order valence-corrected chi connectivity index (χ1v) is 8.60. The zero-order valence-electron chi connectivity index (χ0n) is 13.6. The van der Waals surface area contributed by atoms with Crippen molar-refractivity contribution in [3.63, 3.8) is 0 Å². The second kappa shape index (κ2) is 7.76. The molecule has 1 aliphatic heterocycles. The van der Waals surface area contributed by atoms with Gasteiger partial charge in [0.25, 0.3) is 0 Å². The molecule has 0 spiro atoms. The number of benzene rings is 2. The number of carbonyl (C=O) groups excluding carboxylic acids is 1. The molecule has 2 aromatic rings. The Labute approximate surface area is 160 Å². The number of nitrogens with one attached hydrogen (secondary N) is 1. The third-order valence-electron chi connectivity index (χ3n) is 3.86. The molecule has 0 fully saturated rings. The van der Waals surface area contributed by atoms with Crippen molar-refractivity contribution in [2.24, 2.45) is 5.10 Å². The van der Waals surface area contributed by atoms with Gasteiger partial charge in [0.2, 0.25) is 5.91 Å². The van der Waals surface area contributed by atoms with Crippen molar-refractivity contribution in [2.45, 2.75) is 12.8 Å². The molecule has 0 saturated heterocycles. The van der Waals surface area contributed by atoms with Crippen molar-refractivity contribution in [3.8, 4) is 0 Å². The molecule has 134 valence electrons. The van der Waals surface area contributed by atoms with E-state index in [1.54, 1.807) is 42.5 Å². The van der Waals surface area contributed by atoms with Crippen LogP contribution in [0.15, 0.2) is 47.6 Å². The molecular weight excluding hydrogens is 377 g/mol. The first kappa shape index (κ1) is 18.2. The topological polar surface area (TPSA) is 82.0 Å². The van der Waals surface area contributed by atoms with Gasteiger partial charge in [0, 0.05) is 27.7 Å². The number of anilines is 1. The number of hydrazone groups is 1. The van der Waals surface area contributed by atoms with Gasteiger partial charge in [-0.3, -0.25) is 10.1 Å². The van der Waals surface area contributed by atoms with Crippen molar-refractivity contribution in [3.05, 3.63) is 63.6 Å². The fourth-order valence-corrected chi connectivity index (χ4v) is 3.09. The van der Waals surface area contributed by atoms with Crippen molar-refractivity contribution in [1.29, 1.82) is 0 Å². The second-order valence-corrected chi connectivity index (χ2v) is 6.59. The summed E-state index contributed by atoms with van der Waals surface area (Å²) in [7, 11) is 0. The van der Waals surface area contributed by atoms with E-state index < -0.39 is 6.09 Å². The van der Waals surface area contributed by atoms with Crippen LogP contribution in [0.4, 0.5) is 10.5 Å². The largest absolute Gasteiger partial charge is 0.465 e. The fourth-order valence-electron chi connectivity index (χ4n) is 2.69. The molecule has 1 heterocycles. The summed E-state index contributed by atoms with van der Waals surface area (Å²) in [5, 5.41) is 17.9. The van der Waals surface area contributed by atoms with Gasteiger partial charge in [-0.05, 0) is 35.9 Å². The highest BCUT2D eigenvalue weighted by atomic mass is 35.5. The first-order chi connectivity index (χ1) is 12.4. The Kier molecular flexibility index (Phi) is 5.44. The number of nitrogens with zero attached hydrogens (tertiary/aromatic N) is 2. The molecule has 2 aromatic carbocycles. The number of hydrogen-bond donors (Lipinski definition) is 2.